The Labute approximate surface area is 163 Å². The monoisotopic (exact) mass is 385 g/mol. The van der Waals surface area contributed by atoms with Crippen LogP contribution >= 0.6 is 0 Å². The quantitative estimate of drug-likeness (QED) is 0.828. The lowest BCUT2D eigenvalue weighted by Crippen LogP contribution is -2.50. The van der Waals surface area contributed by atoms with Crippen LogP contribution in [-0.4, -0.2) is 41.4 Å². The lowest BCUT2D eigenvalue weighted by Gasteiger charge is -2.42. The van der Waals surface area contributed by atoms with Gasteiger partial charge in [-0.05, 0) is 56.2 Å². The topological polar surface area (TPSA) is 85.5 Å². The van der Waals surface area contributed by atoms with Crippen LogP contribution in [0, 0.1) is 18.2 Å². The van der Waals surface area contributed by atoms with E-state index in [1.165, 1.54) is 24.3 Å². The summed E-state index contributed by atoms with van der Waals surface area (Å²) in [6, 6.07) is 9.26. The number of hydrogen-bond donors (Lipinski definition) is 1. The normalized spacial score (nSPS) is 19.3. The van der Waals surface area contributed by atoms with Gasteiger partial charge >= 0.3 is 0 Å². The predicted octanol–water partition coefficient (Wildman–Crippen LogP) is 2.71. The van der Waals surface area contributed by atoms with Crippen molar-refractivity contribution < 1.29 is 18.7 Å². The smallest absolute Gasteiger partial charge is 0.255 e. The average Bonchev–Trinajstić information content (AvgIpc) is 2.67. The zero-order chi connectivity index (χ0) is 20.1. The van der Waals surface area contributed by atoms with E-state index < -0.39 is 11.3 Å². The first-order valence-corrected chi connectivity index (χ1v) is 9.26. The first kappa shape index (κ1) is 19.8. The molecular weight excluding hydrogens is 361 g/mol. The first-order chi connectivity index (χ1) is 13.4. The first-order valence-electron chi connectivity index (χ1n) is 9.26. The highest BCUT2D eigenvalue weighted by atomic mass is 19.1. The molecule has 148 valence electrons. The minimum absolute atomic E-state index is 0.115. The fourth-order valence-corrected chi connectivity index (χ4v) is 3.61. The van der Waals surface area contributed by atoms with Gasteiger partial charge in [0.1, 0.15) is 11.6 Å². The largest absolute Gasteiger partial charge is 0.493 e. The number of aromatic nitrogens is 1. The van der Waals surface area contributed by atoms with Gasteiger partial charge in [-0.2, -0.15) is 0 Å². The van der Waals surface area contributed by atoms with Crippen molar-refractivity contribution in [3.05, 3.63) is 59.7 Å². The zero-order valence-corrected chi connectivity index (χ0v) is 15.9. The third-order valence-corrected chi connectivity index (χ3v) is 5.01. The summed E-state index contributed by atoms with van der Waals surface area (Å²) in [5.74, 6) is -0.395. The van der Waals surface area contributed by atoms with E-state index in [9.17, 15) is 14.0 Å². The maximum absolute atomic E-state index is 13.1. The van der Waals surface area contributed by atoms with E-state index in [0.29, 0.717) is 30.8 Å². The minimum atomic E-state index is -0.577. The number of hydrogen-bond acceptors (Lipinski definition) is 4. The molecule has 0 saturated carbocycles. The maximum atomic E-state index is 13.1. The Bertz CT molecular complexity index is 839. The van der Waals surface area contributed by atoms with E-state index in [1.807, 2.05) is 6.92 Å². The second kappa shape index (κ2) is 8.37. The van der Waals surface area contributed by atoms with E-state index in [1.54, 1.807) is 23.2 Å². The van der Waals surface area contributed by atoms with Gasteiger partial charge in [0.25, 0.3) is 5.91 Å². The van der Waals surface area contributed by atoms with Crippen molar-refractivity contribution in [3.8, 4) is 5.75 Å². The van der Waals surface area contributed by atoms with Crippen molar-refractivity contribution in [2.24, 2.45) is 11.1 Å². The van der Waals surface area contributed by atoms with Crippen LogP contribution in [-0.2, 0) is 4.79 Å². The van der Waals surface area contributed by atoms with E-state index in [4.69, 9.17) is 10.5 Å². The van der Waals surface area contributed by atoms with Crippen molar-refractivity contribution in [1.29, 1.82) is 0 Å². The molecule has 2 heterocycles. The number of piperidine rings is 1. The number of aryl methyl sites for hydroxylation is 1. The number of rotatable bonds is 6. The number of primary amides is 1. The molecule has 1 saturated heterocycles. The molecule has 2 amide bonds. The molecule has 2 N–H and O–H groups in total. The Balaban J connectivity index is 1.75. The SMILES string of the molecule is Cc1ccc(C(=O)N2CCC[C@](COc3ccc(F)cc3)(CC(N)=O)C2)cn1. The molecule has 0 bridgehead atoms. The molecule has 1 aromatic heterocycles. The molecular formula is C21H24FN3O3. The molecule has 6 nitrogen and oxygen atoms in total. The number of nitrogens with zero attached hydrogens (tertiary/aromatic N) is 2. The highest BCUT2D eigenvalue weighted by molar-refractivity contribution is 5.94. The van der Waals surface area contributed by atoms with Gasteiger partial charge in [-0.15, -0.1) is 0 Å². The maximum Gasteiger partial charge on any atom is 0.255 e. The van der Waals surface area contributed by atoms with Gasteiger partial charge in [-0.3, -0.25) is 14.6 Å². The van der Waals surface area contributed by atoms with Crippen LogP contribution in [0.1, 0.15) is 35.3 Å². The Hall–Kier alpha value is -2.96. The van der Waals surface area contributed by atoms with Gasteiger partial charge < -0.3 is 15.4 Å². The molecule has 3 rings (SSSR count). The molecule has 1 aliphatic rings. The van der Waals surface area contributed by atoms with Crippen LogP contribution in [0.25, 0.3) is 0 Å². The number of ether oxygens (including phenoxy) is 1. The second-order valence-electron chi connectivity index (χ2n) is 7.40. The number of pyridine rings is 1. The molecule has 7 heteroatoms. The number of likely N-dealkylation sites (tertiary alicyclic amines) is 1. The molecule has 28 heavy (non-hydrogen) atoms. The Morgan fingerprint density at radius 3 is 2.64 bits per heavy atom. The number of halogens is 1. The van der Waals surface area contributed by atoms with Crippen LogP contribution in [0.2, 0.25) is 0 Å². The Kier molecular flexibility index (Phi) is 5.92. The lowest BCUT2D eigenvalue weighted by atomic mass is 9.77. The van der Waals surface area contributed by atoms with Gasteiger partial charge in [-0.1, -0.05) is 0 Å². The van der Waals surface area contributed by atoms with Crippen LogP contribution in [0.3, 0.4) is 0 Å². The molecule has 0 aliphatic carbocycles. The van der Waals surface area contributed by atoms with Crippen LogP contribution < -0.4 is 10.5 Å². The number of amides is 2. The molecule has 0 spiro atoms. The molecule has 1 fully saturated rings. The van der Waals surface area contributed by atoms with E-state index >= 15 is 0 Å². The van der Waals surface area contributed by atoms with Crippen molar-refractivity contribution >= 4 is 11.8 Å². The van der Waals surface area contributed by atoms with Gasteiger partial charge in [0.2, 0.25) is 5.91 Å². The van der Waals surface area contributed by atoms with Crippen molar-refractivity contribution in [2.75, 3.05) is 19.7 Å². The fraction of sp³-hybridized carbons (Fsp3) is 0.381. The minimum Gasteiger partial charge on any atom is -0.493 e. The van der Waals surface area contributed by atoms with E-state index in [2.05, 4.69) is 4.98 Å². The number of carbonyl (C=O) groups excluding carboxylic acids is 2. The molecule has 1 aliphatic heterocycles. The highest BCUT2D eigenvalue weighted by Gasteiger charge is 2.39. The summed E-state index contributed by atoms with van der Waals surface area (Å²) in [4.78, 5) is 30.5. The number of benzene rings is 1. The zero-order valence-electron chi connectivity index (χ0n) is 15.9. The molecule has 0 radical (unpaired) electrons. The van der Waals surface area contributed by atoms with Gasteiger partial charge in [-0.25, -0.2) is 4.39 Å². The molecule has 2 aromatic rings. The van der Waals surface area contributed by atoms with Crippen molar-refractivity contribution in [2.45, 2.75) is 26.2 Å². The van der Waals surface area contributed by atoms with Crippen molar-refractivity contribution in [3.63, 3.8) is 0 Å². The standard InChI is InChI=1S/C21H24FN3O3/c1-15-3-4-16(12-24-15)20(27)25-10-2-9-21(13-25,11-19(23)26)14-28-18-7-5-17(22)6-8-18/h3-8,12H,2,9-11,13-14H2,1H3,(H2,23,26)/t21-/m0/s1. The average molecular weight is 385 g/mol. The highest BCUT2D eigenvalue weighted by Crippen LogP contribution is 2.35. The van der Waals surface area contributed by atoms with E-state index in [0.717, 1.165) is 12.1 Å². The number of nitrogens with two attached hydrogens (primary N) is 1. The third kappa shape index (κ3) is 4.85. The third-order valence-electron chi connectivity index (χ3n) is 5.01. The Morgan fingerprint density at radius 1 is 1.25 bits per heavy atom. The second-order valence-corrected chi connectivity index (χ2v) is 7.40. The lowest BCUT2D eigenvalue weighted by molar-refractivity contribution is -0.122. The molecule has 1 aromatic carbocycles. The van der Waals surface area contributed by atoms with Gasteiger partial charge in [0, 0.05) is 36.8 Å². The summed E-state index contributed by atoms with van der Waals surface area (Å²) in [6.07, 6.45) is 3.14. The van der Waals surface area contributed by atoms with Gasteiger partial charge in [0.15, 0.2) is 0 Å². The number of carbonyl (C=O) groups is 2. The summed E-state index contributed by atoms with van der Waals surface area (Å²) in [5, 5.41) is 0. The molecule has 1 atom stereocenters. The van der Waals surface area contributed by atoms with Crippen molar-refractivity contribution in [1.82, 2.24) is 9.88 Å². The Morgan fingerprint density at radius 2 is 2.00 bits per heavy atom. The van der Waals surface area contributed by atoms with Gasteiger partial charge in [0.05, 0.1) is 12.2 Å². The summed E-state index contributed by atoms with van der Waals surface area (Å²) < 4.78 is 18.9. The van der Waals surface area contributed by atoms with Crippen LogP contribution in [0.4, 0.5) is 4.39 Å². The summed E-state index contributed by atoms with van der Waals surface area (Å²) in [7, 11) is 0. The van der Waals surface area contributed by atoms with E-state index in [-0.39, 0.29) is 24.8 Å². The summed E-state index contributed by atoms with van der Waals surface area (Å²) in [5.41, 5.74) is 6.26. The summed E-state index contributed by atoms with van der Waals surface area (Å²) in [6.45, 7) is 3.05. The molecule has 0 unspecified atom stereocenters. The predicted molar refractivity (Wildman–Crippen MR) is 102 cm³/mol. The van der Waals surface area contributed by atoms with Crippen LogP contribution in [0.5, 0.6) is 5.75 Å². The fourth-order valence-electron chi connectivity index (χ4n) is 3.61. The van der Waals surface area contributed by atoms with Crippen LogP contribution in [0.15, 0.2) is 42.6 Å². The summed E-state index contributed by atoms with van der Waals surface area (Å²) >= 11 is 0.